The molecular weight excluding hydrogens is 262 g/mol. The molecule has 1 aliphatic heterocycles. The standard InChI is InChI=1S/C14H27N3O.ClH/c1-11(15)14(18)16-13-6-8-17(9-7-13)10-12-4-2-3-5-12;/h11-13H,2-10,15H2,1H3,(H,16,18);1H/t11-;/m1./s1. The summed E-state index contributed by atoms with van der Waals surface area (Å²) < 4.78 is 0. The number of nitrogens with one attached hydrogen (secondary N) is 1. The Labute approximate surface area is 122 Å². The molecule has 0 bridgehead atoms. The minimum atomic E-state index is -0.387. The summed E-state index contributed by atoms with van der Waals surface area (Å²) in [6.45, 7) is 5.26. The van der Waals surface area contributed by atoms with Crippen LogP contribution < -0.4 is 11.1 Å². The van der Waals surface area contributed by atoms with E-state index in [9.17, 15) is 4.79 Å². The third kappa shape index (κ3) is 5.28. The van der Waals surface area contributed by atoms with E-state index in [2.05, 4.69) is 10.2 Å². The Hall–Kier alpha value is -0.320. The summed E-state index contributed by atoms with van der Waals surface area (Å²) in [5.41, 5.74) is 5.57. The zero-order chi connectivity index (χ0) is 13.0. The van der Waals surface area contributed by atoms with Gasteiger partial charge in [0, 0.05) is 25.7 Å². The van der Waals surface area contributed by atoms with Gasteiger partial charge in [-0.3, -0.25) is 4.79 Å². The van der Waals surface area contributed by atoms with Crippen LogP contribution in [0.3, 0.4) is 0 Å². The predicted octanol–water partition coefficient (Wildman–Crippen LogP) is 1.53. The van der Waals surface area contributed by atoms with Gasteiger partial charge < -0.3 is 16.0 Å². The maximum Gasteiger partial charge on any atom is 0.236 e. The summed E-state index contributed by atoms with van der Waals surface area (Å²) in [6.07, 6.45) is 7.83. The highest BCUT2D eigenvalue weighted by atomic mass is 35.5. The fraction of sp³-hybridized carbons (Fsp3) is 0.929. The molecule has 1 saturated heterocycles. The monoisotopic (exact) mass is 289 g/mol. The fourth-order valence-corrected chi connectivity index (χ4v) is 3.15. The second-order valence-electron chi connectivity index (χ2n) is 6.02. The predicted molar refractivity (Wildman–Crippen MR) is 80.5 cm³/mol. The number of rotatable bonds is 4. The molecule has 2 rings (SSSR count). The average molecular weight is 290 g/mol. The largest absolute Gasteiger partial charge is 0.352 e. The van der Waals surface area contributed by atoms with Crippen LogP contribution in [0.4, 0.5) is 0 Å². The van der Waals surface area contributed by atoms with Crippen molar-refractivity contribution in [2.24, 2.45) is 11.7 Å². The molecule has 0 aromatic rings. The first-order chi connectivity index (χ1) is 8.65. The quantitative estimate of drug-likeness (QED) is 0.825. The van der Waals surface area contributed by atoms with Crippen LogP contribution >= 0.6 is 12.4 Å². The molecule has 19 heavy (non-hydrogen) atoms. The van der Waals surface area contributed by atoms with E-state index in [0.29, 0.717) is 6.04 Å². The molecule has 2 fully saturated rings. The van der Waals surface area contributed by atoms with Crippen molar-refractivity contribution in [3.63, 3.8) is 0 Å². The van der Waals surface area contributed by atoms with E-state index in [0.717, 1.165) is 31.8 Å². The summed E-state index contributed by atoms with van der Waals surface area (Å²) in [4.78, 5) is 14.1. The van der Waals surface area contributed by atoms with Crippen molar-refractivity contribution in [2.45, 2.75) is 57.5 Å². The summed E-state index contributed by atoms with van der Waals surface area (Å²) in [5.74, 6) is 0.921. The molecule has 0 aromatic heterocycles. The van der Waals surface area contributed by atoms with Gasteiger partial charge in [0.05, 0.1) is 6.04 Å². The summed E-state index contributed by atoms with van der Waals surface area (Å²) >= 11 is 0. The number of carbonyl (C=O) groups is 1. The molecule has 5 heteroatoms. The smallest absolute Gasteiger partial charge is 0.236 e. The van der Waals surface area contributed by atoms with Crippen molar-refractivity contribution in [1.82, 2.24) is 10.2 Å². The molecule has 2 aliphatic rings. The highest BCUT2D eigenvalue weighted by Gasteiger charge is 2.24. The summed E-state index contributed by atoms with van der Waals surface area (Å²) in [7, 11) is 0. The maximum absolute atomic E-state index is 11.5. The van der Waals surface area contributed by atoms with Crippen molar-refractivity contribution < 1.29 is 4.79 Å². The van der Waals surface area contributed by atoms with E-state index in [1.54, 1.807) is 6.92 Å². The Morgan fingerprint density at radius 2 is 1.84 bits per heavy atom. The Kier molecular flexibility index (Phi) is 7.11. The van der Waals surface area contributed by atoms with Crippen LogP contribution in [-0.2, 0) is 4.79 Å². The zero-order valence-electron chi connectivity index (χ0n) is 11.9. The first kappa shape index (κ1) is 16.7. The van der Waals surface area contributed by atoms with Crippen LogP contribution in [0.1, 0.15) is 45.4 Å². The molecule has 1 aliphatic carbocycles. The zero-order valence-corrected chi connectivity index (χ0v) is 12.8. The first-order valence-electron chi connectivity index (χ1n) is 7.43. The number of carbonyl (C=O) groups excluding carboxylic acids is 1. The van der Waals surface area contributed by atoms with Gasteiger partial charge in [0.1, 0.15) is 0 Å². The van der Waals surface area contributed by atoms with Crippen LogP contribution in [0.25, 0.3) is 0 Å². The van der Waals surface area contributed by atoms with Crippen LogP contribution in [0.15, 0.2) is 0 Å². The minimum absolute atomic E-state index is 0. The van der Waals surface area contributed by atoms with Crippen LogP contribution in [0, 0.1) is 5.92 Å². The van der Waals surface area contributed by atoms with E-state index in [1.165, 1.54) is 32.2 Å². The Balaban J connectivity index is 0.00000180. The molecule has 0 aromatic carbocycles. The van der Waals surface area contributed by atoms with E-state index >= 15 is 0 Å². The van der Waals surface area contributed by atoms with Gasteiger partial charge in [-0.1, -0.05) is 12.8 Å². The molecule has 112 valence electrons. The van der Waals surface area contributed by atoms with Gasteiger partial charge in [-0.2, -0.15) is 0 Å². The van der Waals surface area contributed by atoms with Gasteiger partial charge in [-0.25, -0.2) is 0 Å². The van der Waals surface area contributed by atoms with Crippen molar-refractivity contribution in [1.29, 1.82) is 0 Å². The Bertz CT molecular complexity index is 272. The van der Waals surface area contributed by atoms with E-state index in [1.807, 2.05) is 0 Å². The molecule has 1 saturated carbocycles. The number of halogens is 1. The lowest BCUT2D eigenvalue weighted by Crippen LogP contribution is -2.49. The van der Waals surface area contributed by atoms with Crippen LogP contribution in [0.2, 0.25) is 0 Å². The van der Waals surface area contributed by atoms with Crippen molar-refractivity contribution in [2.75, 3.05) is 19.6 Å². The van der Waals surface area contributed by atoms with Gasteiger partial charge in [0.15, 0.2) is 0 Å². The van der Waals surface area contributed by atoms with Crippen molar-refractivity contribution in [3.8, 4) is 0 Å². The summed E-state index contributed by atoms with van der Waals surface area (Å²) in [6, 6.07) is -0.0511. The molecule has 1 atom stereocenters. The normalized spacial score (nSPS) is 23.9. The van der Waals surface area contributed by atoms with E-state index in [-0.39, 0.29) is 24.4 Å². The average Bonchev–Trinajstić information content (AvgIpc) is 2.84. The van der Waals surface area contributed by atoms with Gasteiger partial charge in [0.25, 0.3) is 0 Å². The topological polar surface area (TPSA) is 58.4 Å². The Morgan fingerprint density at radius 3 is 2.37 bits per heavy atom. The Morgan fingerprint density at radius 1 is 1.26 bits per heavy atom. The highest BCUT2D eigenvalue weighted by molar-refractivity contribution is 5.85. The number of nitrogens with zero attached hydrogens (tertiary/aromatic N) is 1. The molecule has 3 N–H and O–H groups in total. The molecule has 4 nitrogen and oxygen atoms in total. The number of likely N-dealkylation sites (tertiary alicyclic amines) is 1. The second kappa shape index (κ2) is 8.08. The minimum Gasteiger partial charge on any atom is -0.352 e. The van der Waals surface area contributed by atoms with Crippen molar-refractivity contribution in [3.05, 3.63) is 0 Å². The van der Waals surface area contributed by atoms with Crippen LogP contribution in [-0.4, -0.2) is 42.5 Å². The van der Waals surface area contributed by atoms with Gasteiger partial charge >= 0.3 is 0 Å². The van der Waals surface area contributed by atoms with Crippen LogP contribution in [0.5, 0.6) is 0 Å². The summed E-state index contributed by atoms with van der Waals surface area (Å²) in [5, 5.41) is 3.04. The number of piperidine rings is 1. The number of hydrogen-bond donors (Lipinski definition) is 2. The van der Waals surface area contributed by atoms with Gasteiger partial charge in [-0.15, -0.1) is 12.4 Å². The fourth-order valence-electron chi connectivity index (χ4n) is 3.15. The molecular formula is C14H28ClN3O. The lowest BCUT2D eigenvalue weighted by Gasteiger charge is -2.34. The SMILES string of the molecule is C[C@@H](N)C(=O)NC1CCN(CC2CCCC2)CC1.Cl. The van der Waals surface area contributed by atoms with Gasteiger partial charge in [0.2, 0.25) is 5.91 Å². The number of hydrogen-bond acceptors (Lipinski definition) is 3. The molecule has 1 heterocycles. The molecule has 0 radical (unpaired) electrons. The first-order valence-corrected chi connectivity index (χ1v) is 7.43. The van der Waals surface area contributed by atoms with E-state index in [4.69, 9.17) is 5.73 Å². The van der Waals surface area contributed by atoms with Gasteiger partial charge in [-0.05, 0) is 38.5 Å². The third-order valence-electron chi connectivity index (χ3n) is 4.34. The lowest BCUT2D eigenvalue weighted by molar-refractivity contribution is -0.123. The highest BCUT2D eigenvalue weighted by Crippen LogP contribution is 2.26. The molecule has 1 amide bonds. The second-order valence-corrected chi connectivity index (χ2v) is 6.02. The lowest BCUT2D eigenvalue weighted by atomic mass is 10.0. The number of amides is 1. The third-order valence-corrected chi connectivity index (χ3v) is 4.34. The number of nitrogens with two attached hydrogens (primary N) is 1. The molecule has 0 unspecified atom stereocenters. The maximum atomic E-state index is 11.5. The van der Waals surface area contributed by atoms with E-state index < -0.39 is 0 Å². The van der Waals surface area contributed by atoms with Crippen molar-refractivity contribution >= 4 is 18.3 Å². The molecule has 0 spiro atoms.